The van der Waals surface area contributed by atoms with E-state index < -0.39 is 24.6 Å². The lowest BCUT2D eigenvalue weighted by Gasteiger charge is -2.17. The molecule has 0 aromatic rings. The summed E-state index contributed by atoms with van der Waals surface area (Å²) in [5.41, 5.74) is 0. The summed E-state index contributed by atoms with van der Waals surface area (Å²) in [5.74, 6) is -7.68. The van der Waals surface area contributed by atoms with E-state index in [1.807, 2.05) is 0 Å². The molecular formula is C7H7ClF5NO. The molecule has 1 amide bonds. The van der Waals surface area contributed by atoms with Crippen LogP contribution >= 0.6 is 11.6 Å². The van der Waals surface area contributed by atoms with Crippen LogP contribution in [0, 0.1) is 0 Å². The summed E-state index contributed by atoms with van der Waals surface area (Å²) in [6.45, 7) is -0.433. The van der Waals surface area contributed by atoms with Gasteiger partial charge in [0.15, 0.2) is 0 Å². The van der Waals surface area contributed by atoms with Gasteiger partial charge < -0.3 is 5.32 Å². The third-order valence-corrected chi connectivity index (χ3v) is 1.46. The zero-order chi connectivity index (χ0) is 12.1. The van der Waals surface area contributed by atoms with E-state index >= 15 is 0 Å². The maximum Gasteiger partial charge on any atom is 0.463 e. The van der Waals surface area contributed by atoms with E-state index in [1.54, 1.807) is 0 Å². The molecular weight excluding hydrogens is 245 g/mol. The van der Waals surface area contributed by atoms with Crippen LogP contribution in [0.25, 0.3) is 0 Å². The Morgan fingerprint density at radius 1 is 1.20 bits per heavy atom. The summed E-state index contributed by atoms with van der Waals surface area (Å²) in [4.78, 5) is 10.4. The van der Waals surface area contributed by atoms with Crippen molar-refractivity contribution in [3.63, 3.8) is 0 Å². The molecule has 0 atom stereocenters. The Bertz CT molecular complexity index is 250. The highest BCUT2D eigenvalue weighted by Crippen LogP contribution is 2.35. The first-order valence-electron chi connectivity index (χ1n) is 3.67. The number of hydrogen-bond acceptors (Lipinski definition) is 1. The van der Waals surface area contributed by atoms with Crippen molar-refractivity contribution < 1.29 is 26.7 Å². The number of amides is 1. The fourth-order valence-corrected chi connectivity index (χ4v) is 0.664. The Morgan fingerprint density at radius 3 is 2.13 bits per heavy atom. The summed E-state index contributed by atoms with van der Waals surface area (Å²) in [5, 5.41) is 1.41. The van der Waals surface area contributed by atoms with Gasteiger partial charge in [0.2, 0.25) is 0 Å². The molecule has 8 heteroatoms. The zero-order valence-electron chi connectivity index (χ0n) is 7.24. The topological polar surface area (TPSA) is 29.1 Å². The number of rotatable bonds is 4. The summed E-state index contributed by atoms with van der Waals surface area (Å²) in [6, 6.07) is 0. The molecule has 0 aromatic carbocycles. The molecule has 0 fully saturated rings. The second kappa shape index (κ2) is 5.29. The molecule has 0 rings (SSSR count). The minimum absolute atomic E-state index is 0.0749. The lowest BCUT2D eigenvalue weighted by Crippen LogP contribution is -2.50. The Hall–Kier alpha value is -0.850. The molecule has 1 N–H and O–H groups in total. The fourth-order valence-electron chi connectivity index (χ4n) is 0.538. The average Bonchev–Trinajstić information content (AvgIpc) is 2.10. The van der Waals surface area contributed by atoms with Crippen LogP contribution < -0.4 is 5.32 Å². The fraction of sp³-hybridized carbons (Fsp3) is 0.571. The van der Waals surface area contributed by atoms with Gasteiger partial charge in [-0.2, -0.15) is 22.0 Å². The number of hydrogen-bond donors (Lipinski definition) is 1. The third kappa shape index (κ3) is 4.03. The second-order valence-electron chi connectivity index (χ2n) is 2.41. The predicted octanol–water partition coefficient (Wildman–Crippen LogP) is 2.10. The monoisotopic (exact) mass is 251 g/mol. The molecule has 0 saturated carbocycles. The molecule has 0 aliphatic heterocycles. The number of alkyl halides is 6. The van der Waals surface area contributed by atoms with Gasteiger partial charge >= 0.3 is 18.0 Å². The number of halogens is 6. The quantitative estimate of drug-likeness (QED) is 0.463. The summed E-state index contributed by atoms with van der Waals surface area (Å²) in [6.07, 6.45) is -3.42. The first kappa shape index (κ1) is 14.2. The van der Waals surface area contributed by atoms with Crippen LogP contribution in [0.5, 0.6) is 0 Å². The molecule has 0 aromatic heterocycles. The molecule has 15 heavy (non-hydrogen) atoms. The summed E-state index contributed by atoms with van der Waals surface area (Å²) < 4.78 is 59.3. The molecule has 0 aliphatic rings. The van der Waals surface area contributed by atoms with Gasteiger partial charge in [-0.25, -0.2) is 0 Å². The van der Waals surface area contributed by atoms with E-state index in [1.165, 1.54) is 11.4 Å². The van der Waals surface area contributed by atoms with Gasteiger partial charge in [0, 0.05) is 12.4 Å². The van der Waals surface area contributed by atoms with E-state index in [9.17, 15) is 26.7 Å². The maximum atomic E-state index is 12.2. The maximum absolute atomic E-state index is 12.2. The third-order valence-electron chi connectivity index (χ3n) is 1.28. The van der Waals surface area contributed by atoms with Crippen LogP contribution in [0.4, 0.5) is 22.0 Å². The zero-order valence-corrected chi connectivity index (χ0v) is 8.00. The van der Waals surface area contributed by atoms with E-state index in [0.29, 0.717) is 0 Å². The van der Waals surface area contributed by atoms with Crippen molar-refractivity contribution in [3.05, 3.63) is 12.2 Å². The lowest BCUT2D eigenvalue weighted by atomic mass is 10.3. The molecule has 0 aliphatic carbocycles. The smallest absolute Gasteiger partial charge is 0.347 e. The van der Waals surface area contributed by atoms with Crippen molar-refractivity contribution in [2.75, 3.05) is 12.4 Å². The normalized spacial score (nSPS) is 13.2. The second-order valence-corrected chi connectivity index (χ2v) is 2.72. The van der Waals surface area contributed by atoms with Crippen LogP contribution in [0.2, 0.25) is 0 Å². The van der Waals surface area contributed by atoms with Gasteiger partial charge in [-0.1, -0.05) is 12.2 Å². The van der Waals surface area contributed by atoms with Gasteiger partial charge in [-0.3, -0.25) is 4.79 Å². The SMILES string of the molecule is O=C(NC/C=C/CCl)C(F)(F)C(F)(F)F. The summed E-state index contributed by atoms with van der Waals surface area (Å²) in [7, 11) is 0. The minimum atomic E-state index is -5.88. The van der Waals surface area contributed by atoms with E-state index in [0.717, 1.165) is 6.08 Å². The highest BCUT2D eigenvalue weighted by atomic mass is 35.5. The summed E-state index contributed by atoms with van der Waals surface area (Å²) >= 11 is 5.15. The van der Waals surface area contributed by atoms with Crippen molar-refractivity contribution in [1.29, 1.82) is 0 Å². The Kier molecular flexibility index (Phi) is 4.99. The predicted molar refractivity (Wildman–Crippen MR) is 43.9 cm³/mol. The molecule has 0 spiro atoms. The first-order chi connectivity index (χ1) is 6.73. The average molecular weight is 252 g/mol. The minimum Gasteiger partial charge on any atom is -0.347 e. The van der Waals surface area contributed by atoms with E-state index in [4.69, 9.17) is 11.6 Å². The Balaban J connectivity index is 4.27. The molecule has 0 bridgehead atoms. The Labute approximate surface area is 87.1 Å². The number of carbonyl (C=O) groups is 1. The van der Waals surface area contributed by atoms with E-state index in [2.05, 4.69) is 0 Å². The van der Waals surface area contributed by atoms with Crippen LogP contribution in [-0.4, -0.2) is 30.4 Å². The van der Waals surface area contributed by atoms with Crippen LogP contribution in [0.15, 0.2) is 12.2 Å². The molecule has 2 nitrogen and oxygen atoms in total. The lowest BCUT2D eigenvalue weighted by molar-refractivity contribution is -0.269. The Morgan fingerprint density at radius 2 is 1.73 bits per heavy atom. The van der Waals surface area contributed by atoms with E-state index in [-0.39, 0.29) is 5.88 Å². The van der Waals surface area contributed by atoms with Crippen molar-refractivity contribution in [1.82, 2.24) is 5.32 Å². The number of nitrogens with one attached hydrogen (secondary N) is 1. The van der Waals surface area contributed by atoms with Crippen LogP contribution in [-0.2, 0) is 4.79 Å². The van der Waals surface area contributed by atoms with Gasteiger partial charge in [-0.05, 0) is 0 Å². The van der Waals surface area contributed by atoms with Gasteiger partial charge in [-0.15, -0.1) is 11.6 Å². The standard InChI is InChI=1S/C7H7ClF5NO/c8-3-1-2-4-14-5(15)6(9,10)7(11,12)13/h1-2H,3-4H2,(H,14,15)/b2-1+. The van der Waals surface area contributed by atoms with Crippen molar-refractivity contribution in [2.45, 2.75) is 12.1 Å². The highest BCUT2D eigenvalue weighted by molar-refractivity contribution is 6.18. The van der Waals surface area contributed by atoms with Gasteiger partial charge in [0.1, 0.15) is 0 Å². The number of allylic oxidation sites excluding steroid dienone is 1. The van der Waals surface area contributed by atoms with Crippen LogP contribution in [0.1, 0.15) is 0 Å². The van der Waals surface area contributed by atoms with Crippen molar-refractivity contribution in [2.24, 2.45) is 0 Å². The number of carbonyl (C=O) groups excluding carboxylic acids is 1. The molecule has 0 radical (unpaired) electrons. The van der Waals surface area contributed by atoms with Crippen molar-refractivity contribution >= 4 is 17.5 Å². The van der Waals surface area contributed by atoms with Crippen LogP contribution in [0.3, 0.4) is 0 Å². The highest BCUT2D eigenvalue weighted by Gasteiger charge is 2.63. The largest absolute Gasteiger partial charge is 0.463 e. The van der Waals surface area contributed by atoms with Gasteiger partial charge in [0.25, 0.3) is 0 Å². The van der Waals surface area contributed by atoms with Crippen molar-refractivity contribution in [3.8, 4) is 0 Å². The molecule has 88 valence electrons. The van der Waals surface area contributed by atoms with Gasteiger partial charge in [0.05, 0.1) is 0 Å². The molecule has 0 heterocycles. The molecule has 0 unspecified atom stereocenters. The first-order valence-corrected chi connectivity index (χ1v) is 4.20. The molecule has 0 saturated heterocycles.